The minimum absolute atomic E-state index is 0.00428. The van der Waals surface area contributed by atoms with E-state index in [1.54, 1.807) is 43.3 Å². The van der Waals surface area contributed by atoms with Crippen molar-refractivity contribution in [3.05, 3.63) is 87.9 Å². The summed E-state index contributed by atoms with van der Waals surface area (Å²) in [6.07, 6.45) is 0.299. The summed E-state index contributed by atoms with van der Waals surface area (Å²) < 4.78 is 34.2. The monoisotopic (exact) mass is 619 g/mol. The number of carbonyl (C=O) groups excluding carboxylic acids is 2. The normalized spacial score (nSPS) is 12.1. The van der Waals surface area contributed by atoms with Crippen LogP contribution in [0.15, 0.2) is 71.6 Å². The number of nitrogens with zero attached hydrogens (tertiary/aromatic N) is 2. The Hall–Kier alpha value is -3.27. The molecule has 0 radical (unpaired) electrons. The molecule has 3 aromatic carbocycles. The van der Waals surface area contributed by atoms with Crippen LogP contribution in [-0.2, 0) is 26.2 Å². The summed E-state index contributed by atoms with van der Waals surface area (Å²) in [5, 5.41) is 3.47. The first kappa shape index (κ1) is 32.2. The van der Waals surface area contributed by atoms with E-state index in [0.717, 1.165) is 9.87 Å². The quantitative estimate of drug-likeness (QED) is 0.275. The molecule has 0 heterocycles. The van der Waals surface area contributed by atoms with Crippen LogP contribution in [0.1, 0.15) is 38.3 Å². The molecule has 11 heteroatoms. The fourth-order valence-corrected chi connectivity index (χ4v) is 6.14. The van der Waals surface area contributed by atoms with Crippen molar-refractivity contribution < 1.29 is 22.7 Å². The van der Waals surface area contributed by atoms with Crippen LogP contribution in [0, 0.1) is 6.92 Å². The molecule has 1 atom stereocenters. The smallest absolute Gasteiger partial charge is 0.264 e. The van der Waals surface area contributed by atoms with Crippen molar-refractivity contribution in [3.63, 3.8) is 0 Å². The predicted octanol–water partition coefficient (Wildman–Crippen LogP) is 5.84. The highest BCUT2D eigenvalue weighted by Crippen LogP contribution is 2.32. The zero-order valence-corrected chi connectivity index (χ0v) is 26.1. The van der Waals surface area contributed by atoms with Gasteiger partial charge in [-0.15, -0.1) is 0 Å². The van der Waals surface area contributed by atoms with Crippen molar-refractivity contribution >= 4 is 50.7 Å². The number of benzene rings is 3. The number of ether oxygens (including phenoxy) is 1. The number of hydrogen-bond acceptors (Lipinski definition) is 5. The minimum Gasteiger partial charge on any atom is -0.495 e. The number of sulfonamides is 1. The summed E-state index contributed by atoms with van der Waals surface area (Å²) in [5.41, 5.74) is 1.67. The second-order valence-corrected chi connectivity index (χ2v) is 12.5. The van der Waals surface area contributed by atoms with Gasteiger partial charge in [-0.3, -0.25) is 13.9 Å². The van der Waals surface area contributed by atoms with E-state index in [-0.39, 0.29) is 34.1 Å². The highest BCUT2D eigenvalue weighted by molar-refractivity contribution is 7.92. The van der Waals surface area contributed by atoms with E-state index >= 15 is 0 Å². The fraction of sp³-hybridized carbons (Fsp3) is 0.333. The molecular formula is C30H35Cl2N3O5S. The largest absolute Gasteiger partial charge is 0.495 e. The number of anilines is 1. The van der Waals surface area contributed by atoms with Crippen LogP contribution >= 0.6 is 23.2 Å². The molecule has 0 aliphatic heterocycles. The van der Waals surface area contributed by atoms with Crippen molar-refractivity contribution in [2.75, 3.05) is 18.0 Å². The van der Waals surface area contributed by atoms with Gasteiger partial charge in [0.1, 0.15) is 18.3 Å². The highest BCUT2D eigenvalue weighted by atomic mass is 35.5. The number of amides is 2. The molecule has 0 saturated heterocycles. The molecule has 1 N–H and O–H groups in total. The number of carbonyl (C=O) groups is 2. The lowest BCUT2D eigenvalue weighted by molar-refractivity contribution is -0.140. The molecule has 3 rings (SSSR count). The third-order valence-corrected chi connectivity index (χ3v) is 8.88. The Bertz CT molecular complexity index is 1480. The molecule has 0 fully saturated rings. The van der Waals surface area contributed by atoms with Gasteiger partial charge in [-0.25, -0.2) is 8.42 Å². The van der Waals surface area contributed by atoms with Crippen molar-refractivity contribution in [1.82, 2.24) is 10.2 Å². The maximum absolute atomic E-state index is 14.1. The molecule has 0 unspecified atom stereocenters. The predicted molar refractivity (Wildman–Crippen MR) is 163 cm³/mol. The summed E-state index contributed by atoms with van der Waals surface area (Å²) in [7, 11) is -2.78. The minimum atomic E-state index is -4.23. The van der Waals surface area contributed by atoms with E-state index in [9.17, 15) is 18.0 Å². The molecule has 0 spiro atoms. The van der Waals surface area contributed by atoms with Gasteiger partial charge >= 0.3 is 0 Å². The maximum Gasteiger partial charge on any atom is 0.264 e. The molecule has 0 aliphatic carbocycles. The van der Waals surface area contributed by atoms with Gasteiger partial charge in [0.25, 0.3) is 10.0 Å². The number of hydrogen-bond donors (Lipinski definition) is 1. The Morgan fingerprint density at radius 1 is 0.976 bits per heavy atom. The van der Waals surface area contributed by atoms with E-state index in [2.05, 4.69) is 5.32 Å². The number of rotatable bonds is 12. The molecule has 8 nitrogen and oxygen atoms in total. The molecule has 41 heavy (non-hydrogen) atoms. The topological polar surface area (TPSA) is 96.0 Å². The van der Waals surface area contributed by atoms with Crippen LogP contribution in [0.2, 0.25) is 10.0 Å². The summed E-state index contributed by atoms with van der Waals surface area (Å²) in [5.74, 6) is -0.576. The van der Waals surface area contributed by atoms with E-state index < -0.39 is 28.5 Å². The zero-order valence-electron chi connectivity index (χ0n) is 23.7. The van der Waals surface area contributed by atoms with Gasteiger partial charge in [0.2, 0.25) is 11.8 Å². The third kappa shape index (κ3) is 7.93. The van der Waals surface area contributed by atoms with Crippen LogP contribution < -0.4 is 14.4 Å². The summed E-state index contributed by atoms with van der Waals surface area (Å²) in [6, 6.07) is 16.8. The molecule has 3 aromatic rings. The van der Waals surface area contributed by atoms with Crippen LogP contribution in [0.3, 0.4) is 0 Å². The molecule has 0 saturated carbocycles. The fourth-order valence-electron chi connectivity index (χ4n) is 4.29. The first-order chi connectivity index (χ1) is 19.4. The second-order valence-electron chi connectivity index (χ2n) is 9.84. The average Bonchev–Trinajstić information content (AvgIpc) is 2.92. The number of halogens is 2. The van der Waals surface area contributed by atoms with E-state index in [0.29, 0.717) is 22.8 Å². The Kier molecular flexibility index (Phi) is 11.1. The number of nitrogens with one attached hydrogen (secondary N) is 1. The average molecular weight is 621 g/mol. The zero-order chi connectivity index (χ0) is 30.3. The molecule has 220 valence electrons. The number of aryl methyl sites for hydroxylation is 1. The van der Waals surface area contributed by atoms with Gasteiger partial charge in [0.05, 0.1) is 22.7 Å². The van der Waals surface area contributed by atoms with Gasteiger partial charge < -0.3 is 15.0 Å². The molecule has 2 amide bonds. The van der Waals surface area contributed by atoms with Crippen LogP contribution in [0.5, 0.6) is 5.75 Å². The molecule has 0 aromatic heterocycles. The summed E-state index contributed by atoms with van der Waals surface area (Å²) in [4.78, 5) is 28.7. The van der Waals surface area contributed by atoms with Gasteiger partial charge in [-0.2, -0.15) is 0 Å². The SMILES string of the molecule is CC[C@H](C(=O)NC(C)C)N(Cc1ccccc1Cl)C(=O)CN(c1ccc(OC)c(Cl)c1)S(=O)(=O)c1ccc(C)cc1. The summed E-state index contributed by atoms with van der Waals surface area (Å²) in [6.45, 7) is 6.71. The molecule has 0 bridgehead atoms. The van der Waals surface area contributed by atoms with Crippen LogP contribution in [0.4, 0.5) is 5.69 Å². The highest BCUT2D eigenvalue weighted by Gasteiger charge is 2.34. The lowest BCUT2D eigenvalue weighted by atomic mass is 10.1. The Labute approximate surface area is 252 Å². The van der Waals surface area contributed by atoms with Crippen molar-refractivity contribution in [1.29, 1.82) is 0 Å². The first-order valence-corrected chi connectivity index (χ1v) is 15.3. The third-order valence-electron chi connectivity index (χ3n) is 6.43. The lowest BCUT2D eigenvalue weighted by Gasteiger charge is -2.33. The number of methoxy groups -OCH3 is 1. The Morgan fingerprint density at radius 3 is 2.20 bits per heavy atom. The van der Waals surface area contributed by atoms with E-state index in [4.69, 9.17) is 27.9 Å². The van der Waals surface area contributed by atoms with E-state index in [1.807, 2.05) is 20.8 Å². The van der Waals surface area contributed by atoms with Crippen molar-refractivity contribution in [2.45, 2.75) is 57.6 Å². The molecular weight excluding hydrogens is 585 g/mol. The van der Waals surface area contributed by atoms with Crippen molar-refractivity contribution in [2.24, 2.45) is 0 Å². The second kappa shape index (κ2) is 14.1. The Morgan fingerprint density at radius 2 is 1.63 bits per heavy atom. The Balaban J connectivity index is 2.11. The van der Waals surface area contributed by atoms with Gasteiger partial charge in [0.15, 0.2) is 0 Å². The van der Waals surface area contributed by atoms with Gasteiger partial charge in [-0.1, -0.05) is 66.0 Å². The lowest BCUT2D eigenvalue weighted by Crippen LogP contribution is -2.53. The van der Waals surface area contributed by atoms with Gasteiger partial charge in [0, 0.05) is 17.6 Å². The van der Waals surface area contributed by atoms with Crippen LogP contribution in [-0.4, -0.2) is 50.9 Å². The van der Waals surface area contributed by atoms with E-state index in [1.165, 1.54) is 42.3 Å². The maximum atomic E-state index is 14.1. The standard InChI is InChI=1S/C30H35Cl2N3O5S/c1-6-27(30(37)33-20(2)3)34(18-22-9-7-8-10-25(22)31)29(36)19-35(23-13-16-28(40-5)26(32)17-23)41(38,39)24-14-11-21(4)12-15-24/h7-17,20,27H,6,18-19H2,1-5H3,(H,33,37)/t27-/m1/s1. The van der Waals surface area contributed by atoms with Crippen LogP contribution in [0.25, 0.3) is 0 Å². The van der Waals surface area contributed by atoms with Gasteiger partial charge in [-0.05, 0) is 69.2 Å². The first-order valence-electron chi connectivity index (χ1n) is 13.1. The molecule has 0 aliphatic rings. The summed E-state index contributed by atoms with van der Waals surface area (Å²) >= 11 is 12.8. The van der Waals surface area contributed by atoms with Crippen molar-refractivity contribution in [3.8, 4) is 5.75 Å².